The number of fused-ring (bicyclic) bond motifs is 1. The minimum Gasteiger partial charge on any atom is -0.309 e. The van der Waals surface area contributed by atoms with Crippen LogP contribution in [0.2, 0.25) is 5.02 Å². The highest BCUT2D eigenvalue weighted by Crippen LogP contribution is 2.35. The van der Waals surface area contributed by atoms with Crippen LogP contribution in [0.3, 0.4) is 0 Å². The van der Waals surface area contributed by atoms with E-state index in [1.54, 1.807) is 34.2 Å². The van der Waals surface area contributed by atoms with E-state index in [1.807, 2.05) is 24.3 Å². The van der Waals surface area contributed by atoms with Crippen molar-refractivity contribution < 1.29 is 0 Å². The Labute approximate surface area is 127 Å². The summed E-state index contributed by atoms with van der Waals surface area (Å²) in [6.45, 7) is 0.496. The molecular formula is C14H9BrClNOS. The molecule has 0 aliphatic carbocycles. The fourth-order valence-electron chi connectivity index (χ4n) is 1.95. The van der Waals surface area contributed by atoms with Gasteiger partial charge in [0.15, 0.2) is 0 Å². The Bertz CT molecular complexity index is 809. The summed E-state index contributed by atoms with van der Waals surface area (Å²) in [5.41, 5.74) is -0.0308. The van der Waals surface area contributed by atoms with E-state index in [2.05, 4.69) is 15.9 Å². The molecule has 0 saturated heterocycles. The molecule has 19 heavy (non-hydrogen) atoms. The molecule has 0 radical (unpaired) electrons. The Morgan fingerprint density at radius 1 is 1.21 bits per heavy atom. The topological polar surface area (TPSA) is 22.0 Å². The van der Waals surface area contributed by atoms with E-state index in [0.717, 1.165) is 24.5 Å². The molecular weight excluding hydrogens is 346 g/mol. The molecule has 2 aromatic heterocycles. The fourth-order valence-corrected chi connectivity index (χ4v) is 3.82. The molecule has 2 nitrogen and oxygen atoms in total. The van der Waals surface area contributed by atoms with Crippen LogP contribution < -0.4 is 5.56 Å². The Kier molecular flexibility index (Phi) is 3.48. The molecule has 3 rings (SSSR count). The van der Waals surface area contributed by atoms with Gasteiger partial charge in [0.25, 0.3) is 5.56 Å². The summed E-state index contributed by atoms with van der Waals surface area (Å²) in [5.74, 6) is 0. The second-order valence-electron chi connectivity index (χ2n) is 4.15. The molecule has 0 spiro atoms. The van der Waals surface area contributed by atoms with Gasteiger partial charge >= 0.3 is 0 Å². The van der Waals surface area contributed by atoms with E-state index in [0.29, 0.717) is 6.54 Å². The lowest BCUT2D eigenvalue weighted by Gasteiger charge is -2.04. The first kappa shape index (κ1) is 12.9. The lowest BCUT2D eigenvalue weighted by atomic mass is 10.2. The van der Waals surface area contributed by atoms with Crippen LogP contribution >= 0.6 is 38.9 Å². The van der Waals surface area contributed by atoms with Crippen molar-refractivity contribution in [1.29, 1.82) is 0 Å². The second-order valence-corrected chi connectivity index (χ2v) is 6.58. The standard InChI is InChI=1S/C14H9BrClNOS/c15-9-5-6-13(18)17(7-9)8-12-14(16)10-3-1-2-4-11(10)19-12/h1-7H,8H2. The lowest BCUT2D eigenvalue weighted by molar-refractivity contribution is 0.767. The number of pyridine rings is 1. The van der Waals surface area contributed by atoms with Crippen molar-refractivity contribution in [3.63, 3.8) is 0 Å². The number of rotatable bonds is 2. The largest absolute Gasteiger partial charge is 0.309 e. The van der Waals surface area contributed by atoms with Gasteiger partial charge in [-0.1, -0.05) is 29.8 Å². The first-order valence-corrected chi connectivity index (χ1v) is 7.66. The third-order valence-electron chi connectivity index (χ3n) is 2.86. The number of hydrogen-bond donors (Lipinski definition) is 0. The first-order chi connectivity index (χ1) is 9.15. The van der Waals surface area contributed by atoms with E-state index >= 15 is 0 Å². The van der Waals surface area contributed by atoms with Gasteiger partial charge in [-0.15, -0.1) is 11.3 Å². The third-order valence-corrected chi connectivity index (χ3v) is 5.03. The van der Waals surface area contributed by atoms with Gasteiger partial charge in [0.2, 0.25) is 0 Å². The van der Waals surface area contributed by atoms with Gasteiger partial charge in [-0.3, -0.25) is 4.79 Å². The van der Waals surface area contributed by atoms with Crippen LogP contribution in [-0.2, 0) is 6.54 Å². The molecule has 0 aliphatic rings. The molecule has 5 heteroatoms. The van der Waals surface area contributed by atoms with Crippen LogP contribution in [-0.4, -0.2) is 4.57 Å². The Morgan fingerprint density at radius 2 is 2.00 bits per heavy atom. The maximum absolute atomic E-state index is 11.8. The van der Waals surface area contributed by atoms with E-state index in [1.165, 1.54) is 0 Å². The highest BCUT2D eigenvalue weighted by atomic mass is 79.9. The van der Waals surface area contributed by atoms with E-state index < -0.39 is 0 Å². The second kappa shape index (κ2) is 5.12. The molecule has 0 fully saturated rings. The Balaban J connectivity index is 2.08. The predicted octanol–water partition coefficient (Wildman–Crippen LogP) is 4.53. The quantitative estimate of drug-likeness (QED) is 0.663. The van der Waals surface area contributed by atoms with Crippen LogP contribution in [0.5, 0.6) is 0 Å². The number of benzene rings is 1. The molecule has 0 amide bonds. The van der Waals surface area contributed by atoms with Gasteiger partial charge in [0.05, 0.1) is 11.6 Å². The summed E-state index contributed by atoms with van der Waals surface area (Å²) < 4.78 is 3.68. The van der Waals surface area contributed by atoms with Gasteiger partial charge in [-0.05, 0) is 28.1 Å². The van der Waals surface area contributed by atoms with Crippen LogP contribution in [0.1, 0.15) is 4.88 Å². The molecule has 0 aliphatic heterocycles. The molecule has 3 aromatic rings. The van der Waals surface area contributed by atoms with Crippen LogP contribution in [0, 0.1) is 0 Å². The van der Waals surface area contributed by atoms with Crippen LogP contribution in [0.4, 0.5) is 0 Å². The van der Waals surface area contributed by atoms with Crippen molar-refractivity contribution >= 4 is 49.0 Å². The number of hydrogen-bond acceptors (Lipinski definition) is 2. The van der Waals surface area contributed by atoms with Gasteiger partial charge in [0.1, 0.15) is 0 Å². The smallest absolute Gasteiger partial charge is 0.250 e. The van der Waals surface area contributed by atoms with E-state index in [9.17, 15) is 4.79 Å². The SMILES string of the molecule is O=c1ccc(Br)cn1Cc1sc2ccccc2c1Cl. The molecule has 0 atom stereocenters. The number of nitrogens with zero attached hydrogens (tertiary/aromatic N) is 1. The summed E-state index contributed by atoms with van der Waals surface area (Å²) in [7, 11) is 0. The maximum Gasteiger partial charge on any atom is 0.250 e. The minimum absolute atomic E-state index is 0.0308. The monoisotopic (exact) mass is 353 g/mol. The van der Waals surface area contributed by atoms with Crippen molar-refractivity contribution in [2.45, 2.75) is 6.54 Å². The van der Waals surface area contributed by atoms with Crippen molar-refractivity contribution in [3.05, 3.63) is 67.3 Å². The molecule has 0 N–H and O–H groups in total. The third kappa shape index (κ3) is 2.48. The van der Waals surface area contributed by atoms with Crippen molar-refractivity contribution in [2.75, 3.05) is 0 Å². The number of thiophene rings is 1. The summed E-state index contributed by atoms with van der Waals surface area (Å²) in [6.07, 6.45) is 1.78. The predicted molar refractivity (Wildman–Crippen MR) is 84.3 cm³/mol. The summed E-state index contributed by atoms with van der Waals surface area (Å²) in [6, 6.07) is 11.3. The average Bonchev–Trinajstić information content (AvgIpc) is 2.72. The van der Waals surface area contributed by atoms with Gasteiger partial charge in [0, 0.05) is 31.7 Å². The number of halogens is 2. The maximum atomic E-state index is 11.8. The zero-order valence-electron chi connectivity index (χ0n) is 9.77. The number of aromatic nitrogens is 1. The average molecular weight is 355 g/mol. The first-order valence-electron chi connectivity index (χ1n) is 5.67. The molecule has 96 valence electrons. The van der Waals surface area contributed by atoms with Gasteiger partial charge in [-0.25, -0.2) is 0 Å². The van der Waals surface area contributed by atoms with Crippen molar-refractivity contribution in [1.82, 2.24) is 4.57 Å². The molecule has 0 bridgehead atoms. The zero-order chi connectivity index (χ0) is 13.4. The van der Waals surface area contributed by atoms with Crippen molar-refractivity contribution in [2.24, 2.45) is 0 Å². The fraction of sp³-hybridized carbons (Fsp3) is 0.0714. The Morgan fingerprint density at radius 3 is 2.79 bits per heavy atom. The van der Waals surface area contributed by atoms with Crippen LogP contribution in [0.25, 0.3) is 10.1 Å². The summed E-state index contributed by atoms with van der Waals surface area (Å²) >= 11 is 11.4. The van der Waals surface area contributed by atoms with Crippen molar-refractivity contribution in [3.8, 4) is 0 Å². The Hall–Kier alpha value is -1.10. The van der Waals surface area contributed by atoms with E-state index in [-0.39, 0.29) is 5.56 Å². The summed E-state index contributed by atoms with van der Waals surface area (Å²) in [4.78, 5) is 12.8. The normalized spacial score (nSPS) is 11.1. The van der Waals surface area contributed by atoms with Gasteiger partial charge < -0.3 is 4.57 Å². The molecule has 0 saturated carbocycles. The highest BCUT2D eigenvalue weighted by Gasteiger charge is 2.10. The molecule has 1 aromatic carbocycles. The summed E-state index contributed by atoms with van der Waals surface area (Å²) in [5, 5.41) is 1.79. The van der Waals surface area contributed by atoms with E-state index in [4.69, 9.17) is 11.6 Å². The van der Waals surface area contributed by atoms with Crippen LogP contribution in [0.15, 0.2) is 51.9 Å². The van der Waals surface area contributed by atoms with Gasteiger partial charge in [-0.2, -0.15) is 0 Å². The molecule has 2 heterocycles. The minimum atomic E-state index is -0.0308. The zero-order valence-corrected chi connectivity index (χ0v) is 12.9. The lowest BCUT2D eigenvalue weighted by Crippen LogP contribution is -2.18. The highest BCUT2D eigenvalue weighted by molar-refractivity contribution is 9.10. The molecule has 0 unspecified atom stereocenters.